The number of H-pyrrole nitrogens is 1. The van der Waals surface area contributed by atoms with Crippen molar-refractivity contribution in [1.82, 2.24) is 14.6 Å². The number of nitrogens with one attached hydrogen (secondary N) is 2. The number of ether oxygens (including phenoxy) is 3. The number of benzene rings is 1. The van der Waals surface area contributed by atoms with Crippen molar-refractivity contribution in [2.24, 2.45) is 17.8 Å². The van der Waals surface area contributed by atoms with E-state index in [0.717, 1.165) is 16.8 Å². The van der Waals surface area contributed by atoms with Crippen LogP contribution in [0.4, 0.5) is 4.39 Å². The molecule has 3 rings (SSSR count). The lowest BCUT2D eigenvalue weighted by Crippen LogP contribution is -2.40. The summed E-state index contributed by atoms with van der Waals surface area (Å²) in [6, 6.07) is 7.59. The van der Waals surface area contributed by atoms with Crippen molar-refractivity contribution < 1.29 is 41.8 Å². The number of aromatic amines is 1. The van der Waals surface area contributed by atoms with Crippen LogP contribution in [0, 0.1) is 17.8 Å². The fourth-order valence-electron chi connectivity index (χ4n) is 4.26. The normalized spacial score (nSPS) is 21.8. The Kier molecular flexibility index (Phi) is 13.5. The molecule has 13 nitrogen and oxygen atoms in total. The molecule has 15 heteroatoms. The largest absolute Gasteiger partial charge is 0.466 e. The molecule has 1 aliphatic heterocycles. The Morgan fingerprint density at radius 2 is 1.69 bits per heavy atom. The molecule has 0 bridgehead atoms. The van der Waals surface area contributed by atoms with E-state index in [2.05, 4.69) is 10.1 Å². The van der Waals surface area contributed by atoms with Gasteiger partial charge in [-0.25, -0.2) is 13.8 Å². The van der Waals surface area contributed by atoms with Gasteiger partial charge in [-0.3, -0.25) is 28.5 Å². The molecule has 1 fully saturated rings. The first kappa shape index (κ1) is 36.2. The van der Waals surface area contributed by atoms with Gasteiger partial charge in [-0.1, -0.05) is 52.8 Å². The van der Waals surface area contributed by atoms with Crippen molar-refractivity contribution >= 4 is 19.7 Å². The molecular formula is C30H43FN3O10P. The zero-order chi connectivity index (χ0) is 33.1. The number of nitrogens with zero attached hydrogens (tertiary/aromatic N) is 1. The van der Waals surface area contributed by atoms with E-state index in [1.54, 1.807) is 18.2 Å². The van der Waals surface area contributed by atoms with Crippen LogP contribution >= 0.6 is 7.75 Å². The van der Waals surface area contributed by atoms with E-state index in [9.17, 15) is 23.7 Å². The highest BCUT2D eigenvalue weighted by molar-refractivity contribution is 7.52. The van der Waals surface area contributed by atoms with E-state index >= 15 is 4.39 Å². The number of esters is 2. The number of hydrogen-bond acceptors (Lipinski definition) is 10. The molecule has 0 radical (unpaired) electrons. The highest BCUT2D eigenvalue weighted by atomic mass is 31.2. The fraction of sp³-hybridized carbons (Fsp3) is 0.600. The van der Waals surface area contributed by atoms with E-state index in [4.69, 9.17) is 23.3 Å². The third-order valence-electron chi connectivity index (χ3n) is 7.05. The van der Waals surface area contributed by atoms with Gasteiger partial charge in [0.2, 0.25) is 0 Å². The number of aromatic nitrogens is 2. The van der Waals surface area contributed by atoms with E-state index in [0.29, 0.717) is 12.8 Å². The second-order valence-corrected chi connectivity index (χ2v) is 13.4. The zero-order valence-corrected chi connectivity index (χ0v) is 27.1. The molecule has 1 saturated heterocycles. The van der Waals surface area contributed by atoms with Crippen molar-refractivity contribution in [1.29, 1.82) is 0 Å². The Morgan fingerprint density at radius 3 is 2.31 bits per heavy atom. The zero-order valence-electron chi connectivity index (χ0n) is 26.2. The molecule has 2 unspecified atom stereocenters. The Balaban J connectivity index is 1.81. The summed E-state index contributed by atoms with van der Waals surface area (Å²) in [5, 5.41) is 2.55. The van der Waals surface area contributed by atoms with Crippen LogP contribution in [0.1, 0.15) is 60.1 Å². The summed E-state index contributed by atoms with van der Waals surface area (Å²) >= 11 is 0. The molecule has 45 heavy (non-hydrogen) atoms. The Labute approximate surface area is 261 Å². The highest BCUT2D eigenvalue weighted by Gasteiger charge is 2.46. The summed E-state index contributed by atoms with van der Waals surface area (Å²) in [6.07, 6.45) is -2.32. The Bertz CT molecular complexity index is 1420. The molecule has 2 N–H and O–H groups in total. The summed E-state index contributed by atoms with van der Waals surface area (Å²) in [7, 11) is -4.48. The number of carbonyl (C=O) groups excluding carboxylic acids is 2. The van der Waals surface area contributed by atoms with E-state index < -0.39 is 74.4 Å². The molecule has 1 aromatic carbocycles. The molecular weight excluding hydrogens is 612 g/mol. The van der Waals surface area contributed by atoms with Crippen LogP contribution in [-0.4, -0.2) is 59.6 Å². The number of para-hydroxylation sites is 1. The lowest BCUT2D eigenvalue weighted by Gasteiger charge is -2.26. The van der Waals surface area contributed by atoms with Gasteiger partial charge in [0.25, 0.3) is 5.56 Å². The maximum absolute atomic E-state index is 15.3. The summed E-state index contributed by atoms with van der Waals surface area (Å²) in [6.45, 7) is 9.10. The first-order valence-electron chi connectivity index (χ1n) is 15.0. The van der Waals surface area contributed by atoms with Crippen LogP contribution < -0.4 is 20.9 Å². The lowest BCUT2D eigenvalue weighted by atomic mass is 10.0. The van der Waals surface area contributed by atoms with Crippen LogP contribution in [0.2, 0.25) is 0 Å². The summed E-state index contributed by atoms with van der Waals surface area (Å²) in [4.78, 5) is 51.6. The van der Waals surface area contributed by atoms with Crippen molar-refractivity contribution in [3.63, 3.8) is 0 Å². The predicted octanol–water partition coefficient (Wildman–Crippen LogP) is 4.14. The van der Waals surface area contributed by atoms with Crippen molar-refractivity contribution in [2.75, 3.05) is 19.8 Å². The first-order chi connectivity index (χ1) is 21.3. The van der Waals surface area contributed by atoms with Crippen molar-refractivity contribution in [2.45, 2.75) is 78.4 Å². The molecule has 1 aromatic heterocycles. The van der Waals surface area contributed by atoms with Gasteiger partial charge >= 0.3 is 25.4 Å². The van der Waals surface area contributed by atoms with Crippen LogP contribution in [0.25, 0.3) is 0 Å². The number of halogens is 1. The second-order valence-electron chi connectivity index (χ2n) is 11.7. The fourth-order valence-corrected chi connectivity index (χ4v) is 5.77. The van der Waals surface area contributed by atoms with E-state index in [1.165, 1.54) is 19.1 Å². The lowest BCUT2D eigenvalue weighted by molar-refractivity contribution is -0.152. The number of rotatable bonds is 17. The molecule has 6 atom stereocenters. The van der Waals surface area contributed by atoms with Crippen molar-refractivity contribution in [3.8, 4) is 5.75 Å². The quantitative estimate of drug-likeness (QED) is 0.186. The van der Waals surface area contributed by atoms with Gasteiger partial charge in [-0.15, -0.1) is 0 Å². The SMILES string of the molecule is CC(C)CCOC(=O)C[C@H](NP(=O)(OC[C@H]1O[C@@H](n2ccc(=O)[nH]c2=O)[C@H](F)C1C)Oc1ccccc1)C(=O)OCCC(C)C. The van der Waals surface area contributed by atoms with Crippen LogP contribution in [-0.2, 0) is 32.9 Å². The maximum Gasteiger partial charge on any atom is 0.459 e. The third kappa shape index (κ3) is 11.2. The standard InChI is InChI=1S/C30H43FN3O10P/c1-19(2)12-15-40-26(36)17-23(29(37)41-16-13-20(3)4)33-45(39,44-22-9-7-6-8-10-22)42-18-24-21(5)27(31)28(43-24)34-14-11-25(35)32-30(34)38/h6-11,14,19-21,23-24,27-28H,12-13,15-18H2,1-5H3,(H,33,39)(H,32,35,38)/t21?,23-,24+,27+,28+,45?/m0/s1. The van der Waals surface area contributed by atoms with Crippen LogP contribution in [0.3, 0.4) is 0 Å². The topological polar surface area (TPSA) is 164 Å². The van der Waals surface area contributed by atoms with Crippen LogP contribution in [0.5, 0.6) is 5.75 Å². The minimum absolute atomic E-state index is 0.0681. The molecule has 1 aliphatic rings. The van der Waals surface area contributed by atoms with Crippen LogP contribution in [0.15, 0.2) is 52.2 Å². The minimum atomic E-state index is -4.48. The molecule has 0 spiro atoms. The van der Waals surface area contributed by atoms with Gasteiger partial charge in [-0.05, 0) is 36.8 Å². The summed E-state index contributed by atoms with van der Waals surface area (Å²) in [5.74, 6) is -1.77. The van der Waals surface area contributed by atoms with Gasteiger partial charge in [0, 0.05) is 18.2 Å². The Morgan fingerprint density at radius 1 is 1.04 bits per heavy atom. The third-order valence-corrected chi connectivity index (χ3v) is 8.61. The highest BCUT2D eigenvalue weighted by Crippen LogP contribution is 2.47. The van der Waals surface area contributed by atoms with Gasteiger partial charge in [-0.2, -0.15) is 5.09 Å². The molecule has 2 heterocycles. The van der Waals surface area contributed by atoms with Gasteiger partial charge in [0.1, 0.15) is 11.8 Å². The number of alkyl halides is 1. The average Bonchev–Trinajstić information content (AvgIpc) is 3.24. The summed E-state index contributed by atoms with van der Waals surface area (Å²) < 4.78 is 58.2. The molecule has 0 saturated carbocycles. The van der Waals surface area contributed by atoms with E-state index in [1.807, 2.05) is 27.7 Å². The Hall–Kier alpha value is -3.32. The number of hydrogen-bond donors (Lipinski definition) is 2. The monoisotopic (exact) mass is 655 g/mol. The van der Waals surface area contributed by atoms with Gasteiger partial charge in [0.15, 0.2) is 12.4 Å². The molecule has 250 valence electrons. The average molecular weight is 656 g/mol. The maximum atomic E-state index is 15.3. The summed E-state index contributed by atoms with van der Waals surface area (Å²) in [5.41, 5.74) is -1.51. The molecule has 2 aromatic rings. The van der Waals surface area contributed by atoms with E-state index in [-0.39, 0.29) is 30.8 Å². The van der Waals surface area contributed by atoms with Gasteiger partial charge in [0.05, 0.1) is 32.3 Å². The number of carbonyl (C=O) groups is 2. The smallest absolute Gasteiger partial charge is 0.459 e. The molecule has 0 amide bonds. The van der Waals surface area contributed by atoms with Gasteiger partial charge < -0.3 is 18.7 Å². The van der Waals surface area contributed by atoms with Crippen molar-refractivity contribution in [3.05, 3.63) is 63.4 Å². The molecule has 0 aliphatic carbocycles. The minimum Gasteiger partial charge on any atom is -0.466 e. The predicted molar refractivity (Wildman–Crippen MR) is 162 cm³/mol. The second kappa shape index (κ2) is 16.8. The first-order valence-corrected chi connectivity index (χ1v) is 16.5.